The number of nitrogens with two attached hydrogens (primary N) is 2. The molecule has 0 saturated heterocycles. The molecule has 0 heterocycles. The van der Waals surface area contributed by atoms with Gasteiger partial charge in [-0.3, -0.25) is 10.2 Å². The van der Waals surface area contributed by atoms with Gasteiger partial charge in [0.25, 0.3) is 0 Å². The molecule has 0 radical (unpaired) electrons. The average Bonchev–Trinajstić information content (AvgIpc) is 2.38. The molecule has 100 valence electrons. The Balaban J connectivity index is 2.45. The van der Waals surface area contributed by atoms with Crippen molar-refractivity contribution in [2.24, 2.45) is 5.84 Å². The molecular formula is C12H19N3O2S. The van der Waals surface area contributed by atoms with Crippen LogP contribution in [0.5, 0.6) is 5.75 Å². The largest absolute Gasteiger partial charge is 0.494 e. The Bertz CT molecular complexity index is 399. The van der Waals surface area contributed by atoms with E-state index in [1.54, 1.807) is 11.8 Å². The molecule has 0 spiro atoms. The summed E-state index contributed by atoms with van der Waals surface area (Å²) in [5.74, 6) is 6.48. The lowest BCUT2D eigenvalue weighted by molar-refractivity contribution is -0.121. The first-order chi connectivity index (χ1) is 8.67. The maximum absolute atomic E-state index is 10.9. The molecule has 1 aromatic rings. The van der Waals surface area contributed by atoms with E-state index >= 15 is 0 Å². The van der Waals surface area contributed by atoms with Crippen LogP contribution in [0.15, 0.2) is 23.1 Å². The Kier molecular flexibility index (Phi) is 6.38. The lowest BCUT2D eigenvalue weighted by atomic mass is 10.3. The van der Waals surface area contributed by atoms with Gasteiger partial charge in [0.15, 0.2) is 0 Å². The second-order valence-electron chi connectivity index (χ2n) is 3.65. The molecule has 0 aliphatic rings. The Labute approximate surface area is 111 Å². The van der Waals surface area contributed by atoms with Gasteiger partial charge in [-0.1, -0.05) is 0 Å². The van der Waals surface area contributed by atoms with Gasteiger partial charge >= 0.3 is 0 Å². The summed E-state index contributed by atoms with van der Waals surface area (Å²) in [4.78, 5) is 11.9. The molecule has 1 rings (SSSR count). The predicted molar refractivity (Wildman–Crippen MR) is 74.3 cm³/mol. The number of benzene rings is 1. The Hall–Kier alpha value is -1.40. The number of hydrazine groups is 1. The van der Waals surface area contributed by atoms with Gasteiger partial charge in [-0.05, 0) is 37.3 Å². The summed E-state index contributed by atoms with van der Waals surface area (Å²) in [6.07, 6.45) is 1.18. The fourth-order valence-corrected chi connectivity index (χ4v) is 2.33. The van der Waals surface area contributed by atoms with Crippen LogP contribution in [0.25, 0.3) is 0 Å². The first-order valence-corrected chi connectivity index (χ1v) is 6.80. The van der Waals surface area contributed by atoms with Crippen LogP contribution in [0, 0.1) is 0 Å². The molecule has 0 aromatic heterocycles. The summed E-state index contributed by atoms with van der Waals surface area (Å²) in [6.45, 7) is 2.57. The van der Waals surface area contributed by atoms with E-state index in [2.05, 4.69) is 5.43 Å². The van der Waals surface area contributed by atoms with E-state index in [4.69, 9.17) is 16.3 Å². The third kappa shape index (κ3) is 4.85. The number of amides is 1. The molecule has 0 bridgehead atoms. The second kappa shape index (κ2) is 7.84. The molecule has 0 fully saturated rings. The molecule has 5 nitrogen and oxygen atoms in total. The van der Waals surface area contributed by atoms with Gasteiger partial charge in [0, 0.05) is 17.0 Å². The highest BCUT2D eigenvalue weighted by atomic mass is 32.2. The smallest absolute Gasteiger partial charge is 0.233 e. The van der Waals surface area contributed by atoms with Crippen LogP contribution in [0.1, 0.15) is 19.8 Å². The maximum Gasteiger partial charge on any atom is 0.233 e. The number of anilines is 1. The summed E-state index contributed by atoms with van der Waals surface area (Å²) in [5, 5.41) is 0. The molecule has 0 unspecified atom stereocenters. The van der Waals surface area contributed by atoms with Gasteiger partial charge in [0.1, 0.15) is 5.75 Å². The number of ether oxygens (including phenoxy) is 1. The SMILES string of the molecule is CCOc1ccc(N)c(SCCCC(=O)NN)c1. The summed E-state index contributed by atoms with van der Waals surface area (Å²) < 4.78 is 5.41. The van der Waals surface area contributed by atoms with Crippen LogP contribution in [-0.2, 0) is 4.79 Å². The van der Waals surface area contributed by atoms with Gasteiger partial charge in [-0.25, -0.2) is 5.84 Å². The number of nitrogens with one attached hydrogen (secondary N) is 1. The van der Waals surface area contributed by atoms with Crippen molar-refractivity contribution in [3.05, 3.63) is 18.2 Å². The van der Waals surface area contributed by atoms with Crippen molar-refractivity contribution in [1.82, 2.24) is 5.43 Å². The summed E-state index contributed by atoms with van der Waals surface area (Å²) >= 11 is 1.61. The van der Waals surface area contributed by atoms with E-state index in [9.17, 15) is 4.79 Å². The molecule has 0 saturated carbocycles. The van der Waals surface area contributed by atoms with Crippen LogP contribution >= 0.6 is 11.8 Å². The van der Waals surface area contributed by atoms with E-state index in [0.717, 1.165) is 28.5 Å². The quantitative estimate of drug-likeness (QED) is 0.174. The molecule has 1 amide bonds. The number of rotatable bonds is 7. The molecule has 6 heteroatoms. The van der Waals surface area contributed by atoms with Gasteiger partial charge in [-0.2, -0.15) is 0 Å². The molecule has 0 aliphatic carbocycles. The fraction of sp³-hybridized carbons (Fsp3) is 0.417. The number of hydrogen-bond donors (Lipinski definition) is 3. The Morgan fingerprint density at radius 1 is 1.50 bits per heavy atom. The van der Waals surface area contributed by atoms with Crippen molar-refractivity contribution in [2.45, 2.75) is 24.7 Å². The molecule has 1 aromatic carbocycles. The first-order valence-electron chi connectivity index (χ1n) is 5.82. The van der Waals surface area contributed by atoms with E-state index in [1.807, 2.05) is 25.1 Å². The van der Waals surface area contributed by atoms with E-state index in [0.29, 0.717) is 13.0 Å². The van der Waals surface area contributed by atoms with Crippen molar-refractivity contribution in [3.8, 4) is 5.75 Å². The van der Waals surface area contributed by atoms with Crippen molar-refractivity contribution in [1.29, 1.82) is 0 Å². The van der Waals surface area contributed by atoms with Crippen molar-refractivity contribution < 1.29 is 9.53 Å². The summed E-state index contributed by atoms with van der Waals surface area (Å²) in [7, 11) is 0. The van der Waals surface area contributed by atoms with E-state index in [1.165, 1.54) is 0 Å². The Morgan fingerprint density at radius 3 is 2.94 bits per heavy atom. The summed E-state index contributed by atoms with van der Waals surface area (Å²) in [6, 6.07) is 5.61. The third-order valence-electron chi connectivity index (χ3n) is 2.26. The zero-order chi connectivity index (χ0) is 13.4. The van der Waals surface area contributed by atoms with Crippen LogP contribution < -0.4 is 21.7 Å². The number of nitrogen functional groups attached to an aromatic ring is 1. The van der Waals surface area contributed by atoms with Gasteiger partial charge in [0.05, 0.1) is 6.61 Å². The fourth-order valence-electron chi connectivity index (χ4n) is 1.38. The van der Waals surface area contributed by atoms with Crippen LogP contribution in [0.2, 0.25) is 0 Å². The lowest BCUT2D eigenvalue weighted by Gasteiger charge is -2.08. The number of hydrogen-bond acceptors (Lipinski definition) is 5. The molecular weight excluding hydrogens is 250 g/mol. The minimum absolute atomic E-state index is 0.147. The van der Waals surface area contributed by atoms with Crippen molar-refractivity contribution in [3.63, 3.8) is 0 Å². The Morgan fingerprint density at radius 2 is 2.28 bits per heavy atom. The minimum atomic E-state index is -0.147. The summed E-state index contributed by atoms with van der Waals surface area (Å²) in [5.41, 5.74) is 8.71. The van der Waals surface area contributed by atoms with E-state index in [-0.39, 0.29) is 5.91 Å². The van der Waals surface area contributed by atoms with Gasteiger partial charge < -0.3 is 10.5 Å². The van der Waals surface area contributed by atoms with Gasteiger partial charge in [-0.15, -0.1) is 11.8 Å². The standard InChI is InChI=1S/C12H19N3O2S/c1-2-17-9-5-6-10(13)11(8-9)18-7-3-4-12(16)15-14/h5-6,8H,2-4,7,13-14H2,1H3,(H,15,16). The molecule has 5 N–H and O–H groups in total. The van der Waals surface area contributed by atoms with E-state index < -0.39 is 0 Å². The average molecular weight is 269 g/mol. The lowest BCUT2D eigenvalue weighted by Crippen LogP contribution is -2.29. The second-order valence-corrected chi connectivity index (χ2v) is 4.79. The third-order valence-corrected chi connectivity index (χ3v) is 3.42. The number of carbonyl (C=O) groups is 1. The monoisotopic (exact) mass is 269 g/mol. The molecule has 0 aliphatic heterocycles. The zero-order valence-electron chi connectivity index (χ0n) is 10.4. The predicted octanol–water partition coefficient (Wildman–Crippen LogP) is 1.53. The topological polar surface area (TPSA) is 90.4 Å². The first kappa shape index (κ1) is 14.7. The van der Waals surface area contributed by atoms with Gasteiger partial charge in [0.2, 0.25) is 5.91 Å². The van der Waals surface area contributed by atoms with Crippen LogP contribution in [0.4, 0.5) is 5.69 Å². The van der Waals surface area contributed by atoms with Crippen LogP contribution in [0.3, 0.4) is 0 Å². The van der Waals surface area contributed by atoms with Crippen molar-refractivity contribution in [2.75, 3.05) is 18.1 Å². The van der Waals surface area contributed by atoms with Crippen molar-refractivity contribution >= 4 is 23.4 Å². The van der Waals surface area contributed by atoms with Crippen LogP contribution in [-0.4, -0.2) is 18.3 Å². The highest BCUT2D eigenvalue weighted by Crippen LogP contribution is 2.29. The zero-order valence-corrected chi connectivity index (χ0v) is 11.3. The number of carbonyl (C=O) groups excluding carboxylic acids is 1. The highest BCUT2D eigenvalue weighted by Gasteiger charge is 2.04. The normalized spacial score (nSPS) is 10.1. The number of thioether (sulfide) groups is 1. The highest BCUT2D eigenvalue weighted by molar-refractivity contribution is 7.99. The molecule has 0 atom stereocenters. The maximum atomic E-state index is 10.9. The molecule has 18 heavy (non-hydrogen) atoms. The minimum Gasteiger partial charge on any atom is -0.494 e.